The highest BCUT2D eigenvalue weighted by Crippen LogP contribution is 2.36. The van der Waals surface area contributed by atoms with Gasteiger partial charge in [0, 0.05) is 23.5 Å². The number of aromatic nitrogens is 1. The predicted molar refractivity (Wildman–Crippen MR) is 54.5 cm³/mol. The summed E-state index contributed by atoms with van der Waals surface area (Å²) in [7, 11) is 0. The Hall–Kier alpha value is -0.450. The molecule has 0 fully saturated rings. The number of aliphatic hydroxyl groups is 1. The van der Waals surface area contributed by atoms with Crippen LogP contribution in [0.15, 0.2) is 11.6 Å². The number of hydrogen-bond acceptors (Lipinski definition) is 4. The fourth-order valence-electron chi connectivity index (χ4n) is 1.12. The standard InChI is InChI=1S/C9H16N2OS/c1-3-9(2,6-10)7(12)8-11-4-5-13-8/h4-5,7,12H,3,6,10H2,1-2H3. The fourth-order valence-corrected chi connectivity index (χ4v) is 1.91. The SMILES string of the molecule is CCC(C)(CN)C(O)c1nccs1. The first-order chi connectivity index (χ1) is 6.14. The molecule has 13 heavy (non-hydrogen) atoms. The van der Waals surface area contributed by atoms with E-state index in [0.29, 0.717) is 6.54 Å². The van der Waals surface area contributed by atoms with Gasteiger partial charge in [0.25, 0.3) is 0 Å². The van der Waals surface area contributed by atoms with E-state index in [1.807, 2.05) is 19.2 Å². The second kappa shape index (κ2) is 4.17. The Balaban J connectivity index is 2.82. The number of hydrogen-bond donors (Lipinski definition) is 2. The molecule has 74 valence electrons. The molecule has 2 unspecified atom stereocenters. The van der Waals surface area contributed by atoms with Gasteiger partial charge in [0.15, 0.2) is 0 Å². The van der Waals surface area contributed by atoms with Gasteiger partial charge >= 0.3 is 0 Å². The lowest BCUT2D eigenvalue weighted by molar-refractivity contribution is 0.0390. The summed E-state index contributed by atoms with van der Waals surface area (Å²) in [6.45, 7) is 4.49. The summed E-state index contributed by atoms with van der Waals surface area (Å²) in [6.07, 6.45) is 2.02. The normalized spacial score (nSPS) is 18.2. The van der Waals surface area contributed by atoms with E-state index >= 15 is 0 Å². The summed E-state index contributed by atoms with van der Waals surface area (Å²) in [4.78, 5) is 4.09. The van der Waals surface area contributed by atoms with Gasteiger partial charge in [-0.25, -0.2) is 4.98 Å². The molecule has 0 saturated heterocycles. The number of nitrogens with two attached hydrogens (primary N) is 1. The van der Waals surface area contributed by atoms with Crippen molar-refractivity contribution in [2.75, 3.05) is 6.54 Å². The molecule has 3 nitrogen and oxygen atoms in total. The quantitative estimate of drug-likeness (QED) is 0.775. The molecule has 0 saturated carbocycles. The summed E-state index contributed by atoms with van der Waals surface area (Å²) in [5.74, 6) is 0. The lowest BCUT2D eigenvalue weighted by Gasteiger charge is -2.30. The Labute approximate surface area is 82.6 Å². The highest BCUT2D eigenvalue weighted by atomic mass is 32.1. The second-order valence-corrected chi connectivity index (χ2v) is 4.41. The molecule has 2 atom stereocenters. The maximum Gasteiger partial charge on any atom is 0.122 e. The molecule has 0 spiro atoms. The van der Waals surface area contributed by atoms with Gasteiger partial charge < -0.3 is 10.8 Å². The highest BCUT2D eigenvalue weighted by Gasteiger charge is 2.32. The maximum absolute atomic E-state index is 10.00. The largest absolute Gasteiger partial charge is 0.385 e. The molecular formula is C9H16N2OS. The molecule has 0 bridgehead atoms. The molecule has 1 rings (SSSR count). The molecule has 4 heteroatoms. The zero-order valence-corrected chi connectivity index (χ0v) is 8.84. The molecule has 1 aromatic rings. The van der Waals surface area contributed by atoms with Crippen LogP contribution in [0.25, 0.3) is 0 Å². The Bertz CT molecular complexity index is 244. The van der Waals surface area contributed by atoms with Crippen molar-refractivity contribution in [1.82, 2.24) is 4.98 Å². The van der Waals surface area contributed by atoms with Crippen LogP contribution in [0.2, 0.25) is 0 Å². The Morgan fingerprint density at radius 2 is 2.46 bits per heavy atom. The molecular weight excluding hydrogens is 184 g/mol. The zero-order chi connectivity index (χ0) is 9.90. The van der Waals surface area contributed by atoms with Crippen LogP contribution in [-0.4, -0.2) is 16.6 Å². The van der Waals surface area contributed by atoms with Crippen molar-refractivity contribution in [3.8, 4) is 0 Å². The van der Waals surface area contributed by atoms with Gasteiger partial charge in [-0.15, -0.1) is 11.3 Å². The smallest absolute Gasteiger partial charge is 0.122 e. The molecule has 0 amide bonds. The monoisotopic (exact) mass is 200 g/mol. The number of rotatable bonds is 4. The number of aliphatic hydroxyl groups excluding tert-OH is 1. The Morgan fingerprint density at radius 3 is 2.85 bits per heavy atom. The van der Waals surface area contributed by atoms with Crippen LogP contribution in [-0.2, 0) is 0 Å². The number of thiazole rings is 1. The van der Waals surface area contributed by atoms with Crippen molar-refractivity contribution >= 4 is 11.3 Å². The van der Waals surface area contributed by atoms with Crippen molar-refractivity contribution in [3.63, 3.8) is 0 Å². The third kappa shape index (κ3) is 2.07. The van der Waals surface area contributed by atoms with E-state index in [-0.39, 0.29) is 5.41 Å². The van der Waals surface area contributed by atoms with E-state index in [4.69, 9.17) is 5.73 Å². The van der Waals surface area contributed by atoms with Crippen LogP contribution in [0.5, 0.6) is 0 Å². The van der Waals surface area contributed by atoms with Gasteiger partial charge in [0.05, 0.1) is 0 Å². The summed E-state index contributed by atoms with van der Waals surface area (Å²) in [6, 6.07) is 0. The maximum atomic E-state index is 10.00. The first-order valence-corrected chi connectivity index (χ1v) is 5.29. The van der Waals surface area contributed by atoms with E-state index in [1.54, 1.807) is 6.20 Å². The van der Waals surface area contributed by atoms with Crippen molar-refractivity contribution in [2.24, 2.45) is 11.1 Å². The zero-order valence-electron chi connectivity index (χ0n) is 8.03. The first-order valence-electron chi connectivity index (χ1n) is 4.41. The van der Waals surface area contributed by atoms with Crippen molar-refractivity contribution in [2.45, 2.75) is 26.4 Å². The molecule has 0 aromatic carbocycles. The minimum atomic E-state index is -0.539. The van der Waals surface area contributed by atoms with E-state index < -0.39 is 6.10 Å². The van der Waals surface area contributed by atoms with E-state index in [0.717, 1.165) is 11.4 Å². The predicted octanol–water partition coefficient (Wildman–Crippen LogP) is 1.55. The minimum absolute atomic E-state index is 0.252. The fraction of sp³-hybridized carbons (Fsp3) is 0.667. The van der Waals surface area contributed by atoms with Crippen LogP contribution in [0.1, 0.15) is 31.4 Å². The average Bonchev–Trinajstić information content (AvgIpc) is 2.68. The van der Waals surface area contributed by atoms with Gasteiger partial charge in [-0.05, 0) is 6.42 Å². The first kappa shape index (κ1) is 10.6. The van der Waals surface area contributed by atoms with Gasteiger partial charge in [0.1, 0.15) is 11.1 Å². The van der Waals surface area contributed by atoms with E-state index in [2.05, 4.69) is 4.98 Å². The average molecular weight is 200 g/mol. The Kier molecular flexibility index (Phi) is 3.41. The molecule has 0 radical (unpaired) electrons. The molecule has 1 heterocycles. The van der Waals surface area contributed by atoms with E-state index in [1.165, 1.54) is 11.3 Å². The highest BCUT2D eigenvalue weighted by molar-refractivity contribution is 7.09. The van der Waals surface area contributed by atoms with E-state index in [9.17, 15) is 5.11 Å². The molecule has 3 N–H and O–H groups in total. The van der Waals surface area contributed by atoms with Crippen LogP contribution >= 0.6 is 11.3 Å². The lowest BCUT2D eigenvalue weighted by Crippen LogP contribution is -2.33. The summed E-state index contributed by atoms with van der Waals surface area (Å²) in [5, 5.41) is 12.6. The summed E-state index contributed by atoms with van der Waals surface area (Å²) in [5.41, 5.74) is 5.39. The van der Waals surface area contributed by atoms with Crippen LogP contribution < -0.4 is 5.73 Å². The van der Waals surface area contributed by atoms with Gasteiger partial charge in [-0.2, -0.15) is 0 Å². The van der Waals surface area contributed by atoms with Gasteiger partial charge in [-0.1, -0.05) is 13.8 Å². The number of nitrogens with zero attached hydrogens (tertiary/aromatic N) is 1. The van der Waals surface area contributed by atoms with Crippen molar-refractivity contribution in [1.29, 1.82) is 0 Å². The third-order valence-electron chi connectivity index (χ3n) is 2.62. The second-order valence-electron chi connectivity index (χ2n) is 3.48. The Morgan fingerprint density at radius 1 is 1.77 bits per heavy atom. The summed E-state index contributed by atoms with van der Waals surface area (Å²) < 4.78 is 0. The van der Waals surface area contributed by atoms with Crippen LogP contribution in [0.3, 0.4) is 0 Å². The topological polar surface area (TPSA) is 59.1 Å². The molecule has 0 aliphatic carbocycles. The van der Waals surface area contributed by atoms with Crippen molar-refractivity contribution in [3.05, 3.63) is 16.6 Å². The van der Waals surface area contributed by atoms with Crippen LogP contribution in [0.4, 0.5) is 0 Å². The molecule has 0 aliphatic rings. The van der Waals surface area contributed by atoms with Crippen molar-refractivity contribution < 1.29 is 5.11 Å². The lowest BCUT2D eigenvalue weighted by atomic mass is 9.82. The molecule has 1 aromatic heterocycles. The van der Waals surface area contributed by atoms with Gasteiger partial charge in [0.2, 0.25) is 0 Å². The third-order valence-corrected chi connectivity index (χ3v) is 3.45. The van der Waals surface area contributed by atoms with Crippen LogP contribution in [0, 0.1) is 5.41 Å². The summed E-state index contributed by atoms with van der Waals surface area (Å²) >= 11 is 1.47. The molecule has 0 aliphatic heterocycles. The van der Waals surface area contributed by atoms with Gasteiger partial charge in [-0.3, -0.25) is 0 Å². The minimum Gasteiger partial charge on any atom is -0.385 e.